The number of benzene rings is 1. The normalized spacial score (nSPS) is 13.6. The third-order valence-corrected chi connectivity index (χ3v) is 3.31. The number of alkyl halides is 3. The predicted octanol–water partition coefficient (Wildman–Crippen LogP) is 2.83. The standard InChI is InChI=1S/C12H11BrF4N2O3/c1-4(11(20)19-10(17)9(15)16)5-2-7(14)8(3-6(5)13)22-12(18)21/h2-4,9-10H,1H3,(H2,18,21)(H,19,20). The molecule has 2 amide bonds. The summed E-state index contributed by atoms with van der Waals surface area (Å²) in [6.45, 7) is 1.27. The topological polar surface area (TPSA) is 81.4 Å². The van der Waals surface area contributed by atoms with Crippen molar-refractivity contribution in [3.8, 4) is 5.75 Å². The molecular weight excluding hydrogens is 376 g/mol. The first-order chi connectivity index (χ1) is 10.1. The van der Waals surface area contributed by atoms with E-state index in [-0.39, 0.29) is 10.0 Å². The molecule has 0 aromatic heterocycles. The summed E-state index contributed by atoms with van der Waals surface area (Å²) in [5, 5.41) is 1.47. The minimum atomic E-state index is -3.37. The number of carbonyl (C=O) groups is 2. The van der Waals surface area contributed by atoms with E-state index >= 15 is 0 Å². The van der Waals surface area contributed by atoms with E-state index in [9.17, 15) is 27.2 Å². The smallest absolute Gasteiger partial charge is 0.407 e. The minimum absolute atomic E-state index is 0.0493. The summed E-state index contributed by atoms with van der Waals surface area (Å²) in [6, 6.07) is 1.89. The lowest BCUT2D eigenvalue weighted by atomic mass is 10.00. The summed E-state index contributed by atoms with van der Waals surface area (Å²) in [6.07, 6.45) is -7.43. The van der Waals surface area contributed by atoms with Gasteiger partial charge in [-0.25, -0.2) is 22.4 Å². The van der Waals surface area contributed by atoms with Crippen LogP contribution in [-0.2, 0) is 4.79 Å². The van der Waals surface area contributed by atoms with Gasteiger partial charge in [0.2, 0.25) is 12.2 Å². The van der Waals surface area contributed by atoms with Gasteiger partial charge in [-0.05, 0) is 24.6 Å². The van der Waals surface area contributed by atoms with E-state index in [0.717, 1.165) is 12.1 Å². The monoisotopic (exact) mass is 386 g/mol. The number of rotatable bonds is 5. The van der Waals surface area contributed by atoms with Crippen LogP contribution in [0.4, 0.5) is 22.4 Å². The van der Waals surface area contributed by atoms with Crippen LogP contribution in [0.1, 0.15) is 18.4 Å². The van der Waals surface area contributed by atoms with Gasteiger partial charge in [-0.3, -0.25) is 4.79 Å². The maximum Gasteiger partial charge on any atom is 0.410 e. The molecule has 1 aromatic carbocycles. The van der Waals surface area contributed by atoms with Crippen molar-refractivity contribution in [1.82, 2.24) is 5.32 Å². The predicted molar refractivity (Wildman–Crippen MR) is 71.8 cm³/mol. The van der Waals surface area contributed by atoms with Gasteiger partial charge in [0.25, 0.3) is 6.43 Å². The fourth-order valence-corrected chi connectivity index (χ4v) is 2.19. The third-order valence-electron chi connectivity index (χ3n) is 2.62. The first-order valence-electron chi connectivity index (χ1n) is 5.82. The zero-order valence-electron chi connectivity index (χ0n) is 11.1. The first kappa shape index (κ1) is 18.2. The molecule has 0 spiro atoms. The number of primary amides is 1. The molecule has 2 atom stereocenters. The second kappa shape index (κ2) is 7.43. The highest BCUT2D eigenvalue weighted by Gasteiger charge is 2.26. The number of carbonyl (C=O) groups excluding carboxylic acids is 2. The highest BCUT2D eigenvalue weighted by Crippen LogP contribution is 2.31. The van der Waals surface area contributed by atoms with Crippen molar-refractivity contribution < 1.29 is 31.9 Å². The molecule has 3 N–H and O–H groups in total. The number of nitrogens with two attached hydrogens (primary N) is 1. The molecule has 1 aromatic rings. The SMILES string of the molecule is CC(C(=O)NC(F)C(F)F)c1cc(F)c(OC(N)=O)cc1Br. The highest BCUT2D eigenvalue weighted by molar-refractivity contribution is 9.10. The van der Waals surface area contributed by atoms with Crippen molar-refractivity contribution >= 4 is 27.9 Å². The summed E-state index contributed by atoms with van der Waals surface area (Å²) >= 11 is 3.01. The average Bonchev–Trinajstić information content (AvgIpc) is 2.40. The van der Waals surface area contributed by atoms with Gasteiger partial charge in [-0.2, -0.15) is 0 Å². The molecule has 0 aliphatic rings. The summed E-state index contributed by atoms with van der Waals surface area (Å²) in [7, 11) is 0. The van der Waals surface area contributed by atoms with Crippen LogP contribution >= 0.6 is 15.9 Å². The Morgan fingerprint density at radius 1 is 1.32 bits per heavy atom. The Balaban J connectivity index is 2.99. The minimum Gasteiger partial charge on any atom is -0.407 e. The van der Waals surface area contributed by atoms with Crippen molar-refractivity contribution in [2.24, 2.45) is 5.73 Å². The molecule has 10 heteroatoms. The molecule has 0 aliphatic carbocycles. The third kappa shape index (κ3) is 4.58. The molecule has 2 unspecified atom stereocenters. The molecular formula is C12H11BrF4N2O3. The van der Waals surface area contributed by atoms with E-state index in [1.165, 1.54) is 12.2 Å². The van der Waals surface area contributed by atoms with Gasteiger partial charge in [-0.1, -0.05) is 15.9 Å². The molecule has 0 bridgehead atoms. The number of hydrogen-bond acceptors (Lipinski definition) is 3. The number of nitrogens with one attached hydrogen (secondary N) is 1. The largest absolute Gasteiger partial charge is 0.410 e. The molecule has 5 nitrogen and oxygen atoms in total. The van der Waals surface area contributed by atoms with Gasteiger partial charge in [0.15, 0.2) is 11.6 Å². The molecule has 0 heterocycles. The Labute approximate surface area is 130 Å². The molecule has 0 saturated carbocycles. The Kier molecular flexibility index (Phi) is 6.15. The molecule has 1 rings (SSSR count). The number of amides is 2. The summed E-state index contributed by atoms with van der Waals surface area (Å²) in [4.78, 5) is 22.2. The molecule has 0 fully saturated rings. The number of ether oxygens (including phenoxy) is 1. The second-order valence-corrected chi connectivity index (χ2v) is 5.05. The maximum absolute atomic E-state index is 13.7. The quantitative estimate of drug-likeness (QED) is 0.602. The lowest BCUT2D eigenvalue weighted by Crippen LogP contribution is -2.38. The molecule has 0 radical (unpaired) electrons. The average molecular weight is 387 g/mol. The lowest BCUT2D eigenvalue weighted by molar-refractivity contribution is -0.126. The Hall–Kier alpha value is -1.84. The van der Waals surface area contributed by atoms with Crippen LogP contribution in [-0.4, -0.2) is 24.7 Å². The maximum atomic E-state index is 13.7. The lowest BCUT2D eigenvalue weighted by Gasteiger charge is -2.17. The van der Waals surface area contributed by atoms with E-state index in [4.69, 9.17) is 5.73 Å². The van der Waals surface area contributed by atoms with Crippen LogP contribution in [0.3, 0.4) is 0 Å². The van der Waals surface area contributed by atoms with Gasteiger partial charge < -0.3 is 15.8 Å². The molecule has 22 heavy (non-hydrogen) atoms. The molecule has 122 valence electrons. The summed E-state index contributed by atoms with van der Waals surface area (Å²) in [5.41, 5.74) is 4.80. The Morgan fingerprint density at radius 2 is 1.91 bits per heavy atom. The van der Waals surface area contributed by atoms with Crippen molar-refractivity contribution in [2.75, 3.05) is 0 Å². The zero-order chi connectivity index (χ0) is 17.0. The first-order valence-corrected chi connectivity index (χ1v) is 6.61. The van der Waals surface area contributed by atoms with E-state index in [1.807, 2.05) is 0 Å². The van der Waals surface area contributed by atoms with Gasteiger partial charge >= 0.3 is 6.09 Å². The second-order valence-electron chi connectivity index (χ2n) is 4.19. The van der Waals surface area contributed by atoms with Crippen LogP contribution in [0, 0.1) is 5.82 Å². The summed E-state index contributed by atoms with van der Waals surface area (Å²) < 4.78 is 55.2. The molecule has 0 saturated heterocycles. The van der Waals surface area contributed by atoms with E-state index in [0.29, 0.717) is 0 Å². The number of halogens is 5. The van der Waals surface area contributed by atoms with E-state index < -0.39 is 42.2 Å². The van der Waals surface area contributed by atoms with Crippen molar-refractivity contribution in [3.63, 3.8) is 0 Å². The van der Waals surface area contributed by atoms with Gasteiger partial charge in [0.05, 0.1) is 5.92 Å². The fourth-order valence-electron chi connectivity index (χ4n) is 1.53. The van der Waals surface area contributed by atoms with Crippen LogP contribution < -0.4 is 15.8 Å². The fraction of sp³-hybridized carbons (Fsp3) is 0.333. The van der Waals surface area contributed by atoms with Gasteiger partial charge in [0.1, 0.15) is 0 Å². The Morgan fingerprint density at radius 3 is 2.41 bits per heavy atom. The van der Waals surface area contributed by atoms with E-state index in [1.54, 1.807) is 0 Å². The van der Waals surface area contributed by atoms with Crippen molar-refractivity contribution in [1.29, 1.82) is 0 Å². The highest BCUT2D eigenvalue weighted by atomic mass is 79.9. The van der Waals surface area contributed by atoms with Crippen LogP contribution in [0.2, 0.25) is 0 Å². The van der Waals surface area contributed by atoms with Crippen LogP contribution in [0.5, 0.6) is 5.75 Å². The summed E-state index contributed by atoms with van der Waals surface area (Å²) in [5.74, 6) is -3.67. The van der Waals surface area contributed by atoms with Crippen molar-refractivity contribution in [3.05, 3.63) is 28.0 Å². The van der Waals surface area contributed by atoms with Crippen molar-refractivity contribution in [2.45, 2.75) is 25.6 Å². The number of hydrogen-bond donors (Lipinski definition) is 2. The van der Waals surface area contributed by atoms with Crippen LogP contribution in [0.15, 0.2) is 16.6 Å². The molecule has 0 aliphatic heterocycles. The zero-order valence-corrected chi connectivity index (χ0v) is 12.7. The Bertz CT molecular complexity index is 586. The van der Waals surface area contributed by atoms with Crippen LogP contribution in [0.25, 0.3) is 0 Å². The van der Waals surface area contributed by atoms with Gasteiger partial charge in [-0.15, -0.1) is 0 Å². The van der Waals surface area contributed by atoms with E-state index in [2.05, 4.69) is 20.7 Å². The van der Waals surface area contributed by atoms with Gasteiger partial charge in [0, 0.05) is 4.47 Å².